The third kappa shape index (κ3) is 3.40. The van der Waals surface area contributed by atoms with E-state index in [2.05, 4.69) is 30.5 Å². The summed E-state index contributed by atoms with van der Waals surface area (Å²) in [4.78, 5) is 30.4. The van der Waals surface area contributed by atoms with E-state index in [0.717, 1.165) is 37.1 Å². The van der Waals surface area contributed by atoms with Gasteiger partial charge in [0.1, 0.15) is 5.69 Å². The van der Waals surface area contributed by atoms with Crippen LogP contribution in [0.15, 0.2) is 36.9 Å². The Kier molecular flexibility index (Phi) is 4.65. The molecule has 3 atom stereocenters. The minimum absolute atomic E-state index is 0.0722. The van der Waals surface area contributed by atoms with Crippen molar-refractivity contribution >= 4 is 11.9 Å². The second kappa shape index (κ2) is 7.47. The Morgan fingerprint density at radius 2 is 1.87 bits per heavy atom. The first-order valence-corrected chi connectivity index (χ1v) is 10.3. The first kappa shape index (κ1) is 18.7. The Morgan fingerprint density at radius 3 is 2.60 bits per heavy atom. The highest BCUT2D eigenvalue weighted by Crippen LogP contribution is 2.37. The number of aryl methyl sites for hydroxylation is 2. The lowest BCUT2D eigenvalue weighted by molar-refractivity contribution is 0.0275. The van der Waals surface area contributed by atoms with Crippen LogP contribution in [0, 0.1) is 19.8 Å². The van der Waals surface area contributed by atoms with Gasteiger partial charge in [-0.2, -0.15) is 10.2 Å². The van der Waals surface area contributed by atoms with Crippen LogP contribution < -0.4 is 5.32 Å². The number of carbonyl (C=O) groups is 1. The molecule has 1 amide bonds. The van der Waals surface area contributed by atoms with Crippen molar-refractivity contribution in [2.24, 2.45) is 5.92 Å². The predicted octanol–water partition coefficient (Wildman–Crippen LogP) is 2.17. The highest BCUT2D eigenvalue weighted by Gasteiger charge is 2.44. The third-order valence-corrected chi connectivity index (χ3v) is 5.98. The zero-order valence-electron chi connectivity index (χ0n) is 17.1. The van der Waals surface area contributed by atoms with Gasteiger partial charge in [-0.25, -0.2) is 15.0 Å². The van der Waals surface area contributed by atoms with Gasteiger partial charge in [-0.1, -0.05) is 0 Å². The monoisotopic (exact) mass is 404 g/mol. The molecule has 5 heterocycles. The van der Waals surface area contributed by atoms with Gasteiger partial charge in [0.05, 0.1) is 18.4 Å². The molecule has 3 unspecified atom stereocenters. The van der Waals surface area contributed by atoms with Gasteiger partial charge in [-0.05, 0) is 56.7 Å². The minimum Gasteiger partial charge on any atom is -0.349 e. The van der Waals surface area contributed by atoms with Crippen molar-refractivity contribution in [2.45, 2.75) is 45.2 Å². The van der Waals surface area contributed by atoms with Crippen LogP contribution in [0.25, 0.3) is 5.69 Å². The number of anilines is 1. The molecule has 30 heavy (non-hydrogen) atoms. The second-order valence-electron chi connectivity index (χ2n) is 8.18. The molecule has 0 aromatic carbocycles. The van der Waals surface area contributed by atoms with Gasteiger partial charge in [-0.3, -0.25) is 4.79 Å². The van der Waals surface area contributed by atoms with Crippen molar-refractivity contribution in [1.82, 2.24) is 34.8 Å². The summed E-state index contributed by atoms with van der Waals surface area (Å²) in [6.07, 6.45) is 9.91. The van der Waals surface area contributed by atoms with Gasteiger partial charge in [-0.15, -0.1) is 4.80 Å². The summed E-state index contributed by atoms with van der Waals surface area (Å²) < 4.78 is 0. The smallest absolute Gasteiger partial charge is 0.275 e. The molecule has 0 spiro atoms. The van der Waals surface area contributed by atoms with Gasteiger partial charge < -0.3 is 10.2 Å². The fourth-order valence-electron chi connectivity index (χ4n) is 4.56. The molecule has 9 heteroatoms. The Balaban J connectivity index is 1.44. The van der Waals surface area contributed by atoms with E-state index in [-0.39, 0.29) is 18.0 Å². The third-order valence-electron chi connectivity index (χ3n) is 5.98. The molecular formula is C21H24N8O. The molecule has 9 nitrogen and oxygen atoms in total. The van der Waals surface area contributed by atoms with E-state index in [9.17, 15) is 4.79 Å². The van der Waals surface area contributed by atoms with Crippen LogP contribution in [-0.2, 0) is 0 Å². The Bertz CT molecular complexity index is 1050. The van der Waals surface area contributed by atoms with E-state index in [1.54, 1.807) is 24.8 Å². The van der Waals surface area contributed by atoms with Crippen LogP contribution in [0.5, 0.6) is 0 Å². The molecule has 0 radical (unpaired) electrons. The van der Waals surface area contributed by atoms with Crippen LogP contribution >= 0.6 is 0 Å². The summed E-state index contributed by atoms with van der Waals surface area (Å²) >= 11 is 0. The number of carbonyl (C=O) groups excluding carboxylic acids is 1. The molecule has 1 aliphatic carbocycles. The highest BCUT2D eigenvalue weighted by molar-refractivity contribution is 5.96. The maximum absolute atomic E-state index is 13.6. The lowest BCUT2D eigenvalue weighted by Crippen LogP contribution is -2.60. The molecule has 1 N–H and O–H groups in total. The topological polar surface area (TPSA) is 102 Å². The second-order valence-corrected chi connectivity index (χ2v) is 8.18. The largest absolute Gasteiger partial charge is 0.349 e. The fraction of sp³-hybridized carbons (Fsp3) is 0.429. The molecule has 3 aromatic rings. The summed E-state index contributed by atoms with van der Waals surface area (Å²) in [6.45, 7) is 4.60. The molecular weight excluding hydrogens is 380 g/mol. The van der Waals surface area contributed by atoms with E-state index < -0.39 is 0 Å². The van der Waals surface area contributed by atoms with Gasteiger partial charge >= 0.3 is 0 Å². The number of hydrogen-bond donors (Lipinski definition) is 1. The number of nitrogens with one attached hydrogen (secondary N) is 1. The van der Waals surface area contributed by atoms with E-state index in [1.165, 1.54) is 4.80 Å². The number of fused-ring (bicyclic) bond motifs is 3. The van der Waals surface area contributed by atoms with Crippen LogP contribution in [0.4, 0.5) is 5.95 Å². The predicted molar refractivity (Wildman–Crippen MR) is 110 cm³/mol. The quantitative estimate of drug-likeness (QED) is 0.711. The summed E-state index contributed by atoms with van der Waals surface area (Å²) in [7, 11) is 0. The molecule has 154 valence electrons. The first-order chi connectivity index (χ1) is 14.6. The lowest BCUT2D eigenvalue weighted by atomic mass is 9.76. The van der Waals surface area contributed by atoms with E-state index in [1.807, 2.05) is 30.9 Å². The number of pyridine rings is 1. The summed E-state index contributed by atoms with van der Waals surface area (Å²) in [6, 6.07) is 3.93. The van der Waals surface area contributed by atoms with Crippen molar-refractivity contribution in [1.29, 1.82) is 0 Å². The van der Waals surface area contributed by atoms with Crippen molar-refractivity contribution < 1.29 is 4.79 Å². The number of piperidine rings is 2. The van der Waals surface area contributed by atoms with E-state index in [0.29, 0.717) is 23.2 Å². The molecule has 3 fully saturated rings. The van der Waals surface area contributed by atoms with Crippen molar-refractivity contribution in [2.75, 3.05) is 11.9 Å². The Hall–Kier alpha value is -3.36. The Morgan fingerprint density at radius 1 is 1.10 bits per heavy atom. The van der Waals surface area contributed by atoms with Crippen LogP contribution in [0.1, 0.15) is 41.0 Å². The first-order valence-electron chi connectivity index (χ1n) is 10.3. The molecule has 2 bridgehead atoms. The molecule has 2 aliphatic heterocycles. The average Bonchev–Trinajstić information content (AvgIpc) is 3.30. The van der Waals surface area contributed by atoms with Crippen molar-refractivity contribution in [3.63, 3.8) is 0 Å². The maximum atomic E-state index is 13.6. The summed E-state index contributed by atoms with van der Waals surface area (Å²) in [5.41, 5.74) is 2.81. The molecule has 2 saturated heterocycles. The number of rotatable bonds is 4. The number of hydrogen-bond acceptors (Lipinski definition) is 7. The standard InChI is InChI=1S/C21H24N8O/c1-13-10-22-21(23-11-13)27-16-9-15-4-6-17(16)28(12-15)20(30)19-18(5-3-14(2)26-19)29-24-7-8-25-29/h3,5,7-8,10-11,15-17H,4,6,9,12H2,1-2H3,(H,22,23,27). The SMILES string of the molecule is Cc1cnc(NC2CC3CCC2N(C(=O)c2nc(C)ccc2-n2nccn2)C3)nc1. The fourth-order valence-corrected chi connectivity index (χ4v) is 4.56. The zero-order chi connectivity index (χ0) is 20.7. The van der Waals surface area contributed by atoms with E-state index >= 15 is 0 Å². The van der Waals surface area contributed by atoms with Gasteiger partial charge in [0.15, 0.2) is 5.69 Å². The van der Waals surface area contributed by atoms with Gasteiger partial charge in [0.25, 0.3) is 5.91 Å². The maximum Gasteiger partial charge on any atom is 0.275 e. The van der Waals surface area contributed by atoms with E-state index in [4.69, 9.17) is 0 Å². The molecule has 6 rings (SSSR count). The normalized spacial score (nSPS) is 22.9. The van der Waals surface area contributed by atoms with Crippen molar-refractivity contribution in [3.05, 3.63) is 53.9 Å². The number of nitrogens with zero attached hydrogens (tertiary/aromatic N) is 7. The number of aromatic nitrogens is 6. The lowest BCUT2D eigenvalue weighted by Gasteiger charge is -2.50. The number of amides is 1. The molecule has 3 aromatic heterocycles. The highest BCUT2D eigenvalue weighted by atomic mass is 16.2. The summed E-state index contributed by atoms with van der Waals surface area (Å²) in [5.74, 6) is 0.996. The zero-order valence-corrected chi connectivity index (χ0v) is 17.1. The average molecular weight is 404 g/mol. The van der Waals surface area contributed by atoms with Crippen molar-refractivity contribution in [3.8, 4) is 5.69 Å². The van der Waals surface area contributed by atoms with Crippen LogP contribution in [0.2, 0.25) is 0 Å². The van der Waals surface area contributed by atoms with Gasteiger partial charge in [0, 0.05) is 30.7 Å². The molecule has 3 aliphatic rings. The van der Waals surface area contributed by atoms with Crippen LogP contribution in [0.3, 0.4) is 0 Å². The van der Waals surface area contributed by atoms with Crippen LogP contribution in [-0.4, -0.2) is 59.4 Å². The Labute approximate surface area is 174 Å². The van der Waals surface area contributed by atoms with Gasteiger partial charge in [0.2, 0.25) is 5.95 Å². The summed E-state index contributed by atoms with van der Waals surface area (Å²) in [5, 5.41) is 11.9. The molecule has 1 saturated carbocycles. The minimum atomic E-state index is -0.0722.